The number of carbonyl (C=O) groups excluding carboxylic acids is 1. The lowest BCUT2D eigenvalue weighted by molar-refractivity contribution is 0.249. The van der Waals surface area contributed by atoms with Gasteiger partial charge in [0, 0.05) is 29.9 Å². The summed E-state index contributed by atoms with van der Waals surface area (Å²) >= 11 is 0. The zero-order valence-electron chi connectivity index (χ0n) is 13.4. The molecule has 0 unspecified atom stereocenters. The minimum Gasteiger partial charge on any atom is -0.334 e. The second-order valence-electron chi connectivity index (χ2n) is 5.96. The maximum atomic E-state index is 12.1. The Labute approximate surface area is 143 Å². The second-order valence-corrected chi connectivity index (χ2v) is 5.96. The molecule has 2 amide bonds. The van der Waals surface area contributed by atoms with Crippen LogP contribution in [-0.4, -0.2) is 45.0 Å². The Morgan fingerprint density at radius 2 is 2.20 bits per heavy atom. The van der Waals surface area contributed by atoms with Gasteiger partial charge in [-0.2, -0.15) is 9.89 Å². The van der Waals surface area contributed by atoms with Crippen LogP contribution in [0.15, 0.2) is 36.8 Å². The summed E-state index contributed by atoms with van der Waals surface area (Å²) < 4.78 is 0. The van der Waals surface area contributed by atoms with E-state index in [1.54, 1.807) is 24.7 Å². The predicted octanol–water partition coefficient (Wildman–Crippen LogP) is 0.690. The van der Waals surface area contributed by atoms with Crippen LogP contribution in [0.4, 0.5) is 10.6 Å². The highest BCUT2D eigenvalue weighted by atomic mass is 16.2. The van der Waals surface area contributed by atoms with E-state index in [0.717, 1.165) is 36.2 Å². The van der Waals surface area contributed by atoms with Gasteiger partial charge in [0.05, 0.1) is 23.4 Å². The maximum Gasteiger partial charge on any atom is 0.320 e. The summed E-state index contributed by atoms with van der Waals surface area (Å²) in [6.07, 6.45) is 6.04. The van der Waals surface area contributed by atoms with Gasteiger partial charge < -0.3 is 16.5 Å². The van der Waals surface area contributed by atoms with Crippen LogP contribution in [0, 0.1) is 0 Å². The molecule has 4 rings (SSSR count). The number of pyridine rings is 2. The van der Waals surface area contributed by atoms with Crippen molar-refractivity contribution in [2.24, 2.45) is 0 Å². The molecule has 0 spiro atoms. The number of hydrogen-bond acceptors (Lipinski definition) is 6. The number of carbonyl (C=O) groups is 1. The molecule has 1 atom stereocenters. The van der Waals surface area contributed by atoms with Crippen molar-refractivity contribution in [3.8, 4) is 11.1 Å². The van der Waals surface area contributed by atoms with Crippen LogP contribution in [0.25, 0.3) is 22.2 Å². The van der Waals surface area contributed by atoms with Crippen molar-refractivity contribution in [2.75, 3.05) is 24.2 Å². The molecule has 1 aliphatic heterocycles. The van der Waals surface area contributed by atoms with Crippen LogP contribution in [0.1, 0.15) is 6.42 Å². The Morgan fingerprint density at radius 1 is 1.28 bits per heavy atom. The van der Waals surface area contributed by atoms with Gasteiger partial charge in [-0.05, 0) is 31.2 Å². The third kappa shape index (κ3) is 3.36. The van der Waals surface area contributed by atoms with E-state index in [9.17, 15) is 4.79 Å². The average molecular weight is 338 g/mol. The molecule has 0 bridgehead atoms. The molecule has 0 saturated carbocycles. The van der Waals surface area contributed by atoms with Crippen molar-refractivity contribution in [3.05, 3.63) is 36.8 Å². The smallest absolute Gasteiger partial charge is 0.320 e. The first-order chi connectivity index (χ1) is 12.2. The number of amides is 2. The van der Waals surface area contributed by atoms with E-state index in [-0.39, 0.29) is 12.1 Å². The Morgan fingerprint density at radius 3 is 2.96 bits per heavy atom. The number of urea groups is 1. The zero-order chi connectivity index (χ0) is 17.2. The number of nitrogens with one attached hydrogen (secondary N) is 3. The fourth-order valence-corrected chi connectivity index (χ4v) is 2.84. The van der Waals surface area contributed by atoms with Gasteiger partial charge >= 0.3 is 6.03 Å². The van der Waals surface area contributed by atoms with Gasteiger partial charge in [0.1, 0.15) is 5.82 Å². The largest absolute Gasteiger partial charge is 0.334 e. The Hall–Kier alpha value is -3.20. The van der Waals surface area contributed by atoms with Crippen LogP contribution in [0.3, 0.4) is 0 Å². The molecule has 3 aromatic rings. The maximum absolute atomic E-state index is 12.1. The lowest BCUT2D eigenvalue weighted by Gasteiger charge is -2.12. The molecule has 1 aliphatic rings. The van der Waals surface area contributed by atoms with Gasteiger partial charge in [-0.1, -0.05) is 0 Å². The standard InChI is InChI=1S/C16H18N8O/c17-24-9-11(7-20-24)10-5-14-13(19-6-10)1-2-15(22-14)23-16(25)21-12-3-4-18-8-12/h1-2,5-7,9,12,18H,3-4,8,17H2,(H2,21,22,23,25)/t12-/m1/s1. The second kappa shape index (κ2) is 6.36. The van der Waals surface area contributed by atoms with Crippen molar-refractivity contribution in [1.82, 2.24) is 30.5 Å². The average Bonchev–Trinajstić information content (AvgIpc) is 3.26. The van der Waals surface area contributed by atoms with Crippen molar-refractivity contribution in [1.29, 1.82) is 0 Å². The highest BCUT2D eigenvalue weighted by Crippen LogP contribution is 2.22. The normalized spacial score (nSPS) is 16.9. The van der Waals surface area contributed by atoms with Gasteiger partial charge in [0.25, 0.3) is 0 Å². The van der Waals surface area contributed by atoms with E-state index in [4.69, 9.17) is 5.84 Å². The number of nitrogens with zero attached hydrogens (tertiary/aromatic N) is 4. The van der Waals surface area contributed by atoms with E-state index in [1.807, 2.05) is 12.1 Å². The van der Waals surface area contributed by atoms with Crippen molar-refractivity contribution in [2.45, 2.75) is 12.5 Å². The van der Waals surface area contributed by atoms with Crippen LogP contribution >= 0.6 is 0 Å². The molecular formula is C16H18N8O. The van der Waals surface area contributed by atoms with E-state index in [0.29, 0.717) is 11.3 Å². The molecule has 9 heteroatoms. The molecule has 9 nitrogen and oxygen atoms in total. The summed E-state index contributed by atoms with van der Waals surface area (Å²) in [7, 11) is 0. The van der Waals surface area contributed by atoms with Crippen molar-refractivity contribution < 1.29 is 4.79 Å². The summed E-state index contributed by atoms with van der Waals surface area (Å²) in [6, 6.07) is 5.35. The summed E-state index contributed by atoms with van der Waals surface area (Å²) in [4.78, 5) is 22.2. The number of rotatable bonds is 3. The predicted molar refractivity (Wildman–Crippen MR) is 94.3 cm³/mol. The molecule has 0 aromatic carbocycles. The molecule has 4 heterocycles. The van der Waals surface area contributed by atoms with Gasteiger partial charge in [-0.25, -0.2) is 9.78 Å². The lowest BCUT2D eigenvalue weighted by Crippen LogP contribution is -2.39. The third-order valence-electron chi connectivity index (χ3n) is 4.11. The van der Waals surface area contributed by atoms with Crippen LogP contribution in [0.2, 0.25) is 0 Å². The van der Waals surface area contributed by atoms with Crippen LogP contribution in [-0.2, 0) is 0 Å². The summed E-state index contributed by atoms with van der Waals surface area (Å²) in [5.41, 5.74) is 3.14. The number of hydrogen-bond donors (Lipinski definition) is 4. The van der Waals surface area contributed by atoms with Gasteiger partial charge in [0.15, 0.2) is 0 Å². The highest BCUT2D eigenvalue weighted by Gasteiger charge is 2.16. The van der Waals surface area contributed by atoms with Crippen molar-refractivity contribution >= 4 is 22.9 Å². The van der Waals surface area contributed by atoms with Crippen LogP contribution < -0.4 is 21.8 Å². The summed E-state index contributed by atoms with van der Waals surface area (Å²) in [5, 5.41) is 12.9. The van der Waals surface area contributed by atoms with E-state index in [2.05, 4.69) is 31.0 Å². The molecule has 128 valence electrons. The topological polar surface area (TPSA) is 123 Å². The van der Waals surface area contributed by atoms with E-state index >= 15 is 0 Å². The van der Waals surface area contributed by atoms with Gasteiger partial charge in [-0.3, -0.25) is 10.3 Å². The number of fused-ring (bicyclic) bond motifs is 1. The fourth-order valence-electron chi connectivity index (χ4n) is 2.84. The number of anilines is 1. The van der Waals surface area contributed by atoms with E-state index in [1.165, 1.54) is 4.79 Å². The molecule has 5 N–H and O–H groups in total. The molecule has 0 aliphatic carbocycles. The number of nitrogen functional groups attached to an aromatic ring is 1. The molecular weight excluding hydrogens is 320 g/mol. The monoisotopic (exact) mass is 338 g/mol. The highest BCUT2D eigenvalue weighted by molar-refractivity contribution is 5.90. The first-order valence-electron chi connectivity index (χ1n) is 8.02. The summed E-state index contributed by atoms with van der Waals surface area (Å²) in [5.74, 6) is 6.06. The molecule has 3 aromatic heterocycles. The van der Waals surface area contributed by atoms with Gasteiger partial charge in [0.2, 0.25) is 0 Å². The fraction of sp³-hybridized carbons (Fsp3) is 0.250. The Kier molecular flexibility index (Phi) is 3.90. The zero-order valence-corrected chi connectivity index (χ0v) is 13.4. The Bertz CT molecular complexity index is 915. The SMILES string of the molecule is Nn1cc(-c2cnc3ccc(NC(=O)N[C@@H]4CCNC4)nc3c2)cn1. The molecule has 1 saturated heterocycles. The van der Waals surface area contributed by atoms with Crippen molar-refractivity contribution in [3.63, 3.8) is 0 Å². The number of nitrogens with two attached hydrogens (primary N) is 1. The molecule has 25 heavy (non-hydrogen) atoms. The summed E-state index contributed by atoms with van der Waals surface area (Å²) in [6.45, 7) is 1.72. The minimum atomic E-state index is -0.255. The van der Waals surface area contributed by atoms with Gasteiger partial charge in [-0.15, -0.1) is 0 Å². The van der Waals surface area contributed by atoms with Crippen LogP contribution in [0.5, 0.6) is 0 Å². The lowest BCUT2D eigenvalue weighted by atomic mass is 10.1. The first-order valence-corrected chi connectivity index (χ1v) is 8.02. The first kappa shape index (κ1) is 15.3. The Balaban J connectivity index is 1.54. The molecule has 0 radical (unpaired) electrons. The quantitative estimate of drug-likeness (QED) is 0.521. The minimum absolute atomic E-state index is 0.154. The number of aromatic nitrogens is 4. The molecule has 1 fully saturated rings. The third-order valence-corrected chi connectivity index (χ3v) is 4.11. The van der Waals surface area contributed by atoms with E-state index < -0.39 is 0 Å².